The second-order valence-corrected chi connectivity index (χ2v) is 8.23. The summed E-state index contributed by atoms with van der Waals surface area (Å²) in [4.78, 5) is 11.4. The molecule has 0 spiro atoms. The molecule has 10 heteroatoms. The average molecular weight is 522 g/mol. The van der Waals surface area contributed by atoms with Gasteiger partial charge in [0.25, 0.3) is 0 Å². The fraction of sp³-hybridized carbons (Fsp3) is 0.588. The van der Waals surface area contributed by atoms with Gasteiger partial charge in [0.1, 0.15) is 10.4 Å². The van der Waals surface area contributed by atoms with E-state index in [9.17, 15) is 0 Å². The van der Waals surface area contributed by atoms with Gasteiger partial charge in [-0.15, -0.1) is 35.3 Å². The highest BCUT2D eigenvalue weighted by atomic mass is 127. The Hall–Kier alpha value is -0.850. The zero-order chi connectivity index (χ0) is 18.2. The number of guanidine groups is 1. The fourth-order valence-electron chi connectivity index (χ4n) is 2.77. The van der Waals surface area contributed by atoms with Crippen molar-refractivity contribution in [1.82, 2.24) is 25.0 Å². The Kier molecular flexibility index (Phi) is 9.87. The van der Waals surface area contributed by atoms with Gasteiger partial charge in [0, 0.05) is 55.8 Å². The molecule has 1 fully saturated rings. The Balaban J connectivity index is 0.00000261. The molecule has 27 heavy (non-hydrogen) atoms. The van der Waals surface area contributed by atoms with Gasteiger partial charge in [0.15, 0.2) is 5.96 Å². The lowest BCUT2D eigenvalue weighted by atomic mass is 10.1. The first kappa shape index (κ1) is 22.4. The molecule has 3 rings (SSSR count). The third-order valence-electron chi connectivity index (χ3n) is 4.00. The topological polar surface area (TPSA) is 67.6 Å². The minimum absolute atomic E-state index is 0. The van der Waals surface area contributed by atoms with Crippen molar-refractivity contribution in [3.8, 4) is 0 Å². The van der Waals surface area contributed by atoms with Crippen LogP contribution in [0.25, 0.3) is 0 Å². The van der Waals surface area contributed by atoms with E-state index in [1.54, 1.807) is 23.1 Å². The average Bonchev–Trinajstić information content (AvgIpc) is 3.32. The van der Waals surface area contributed by atoms with E-state index in [0.717, 1.165) is 54.2 Å². The fourth-order valence-corrected chi connectivity index (χ4v) is 4.40. The summed E-state index contributed by atoms with van der Waals surface area (Å²) in [6, 6.07) is 0. The lowest BCUT2D eigenvalue weighted by molar-refractivity contribution is -0.00803. The van der Waals surface area contributed by atoms with Crippen LogP contribution < -0.4 is 5.32 Å². The molecular formula is C17H27IN6OS2. The molecule has 2 aromatic rings. The normalized spacial score (nSPS) is 17.6. The van der Waals surface area contributed by atoms with Gasteiger partial charge in [-0.25, -0.2) is 4.98 Å². The van der Waals surface area contributed by atoms with Crippen LogP contribution in [-0.4, -0.2) is 64.2 Å². The van der Waals surface area contributed by atoms with Gasteiger partial charge >= 0.3 is 0 Å². The van der Waals surface area contributed by atoms with E-state index >= 15 is 0 Å². The summed E-state index contributed by atoms with van der Waals surface area (Å²) in [5.41, 5.74) is 1.12. The monoisotopic (exact) mass is 522 g/mol. The molecule has 1 aliphatic heterocycles. The summed E-state index contributed by atoms with van der Waals surface area (Å²) in [6.07, 6.45) is 6.84. The molecule has 1 atom stereocenters. The first-order valence-corrected chi connectivity index (χ1v) is 10.8. The summed E-state index contributed by atoms with van der Waals surface area (Å²) in [5.74, 6) is 2.02. The molecule has 0 aliphatic carbocycles. The molecular weight excluding hydrogens is 495 g/mol. The van der Waals surface area contributed by atoms with Crippen molar-refractivity contribution in [2.75, 3.05) is 38.5 Å². The number of nitrogens with zero attached hydrogens (tertiary/aromatic N) is 5. The third kappa shape index (κ3) is 6.91. The van der Waals surface area contributed by atoms with Crippen LogP contribution in [0.1, 0.15) is 25.0 Å². The number of nitrogens with one attached hydrogen (secondary N) is 1. The number of thiazole rings is 1. The van der Waals surface area contributed by atoms with Gasteiger partial charge in [-0.2, -0.15) is 5.10 Å². The number of aromatic nitrogens is 3. The first-order chi connectivity index (χ1) is 12.8. The van der Waals surface area contributed by atoms with Crippen LogP contribution in [0.5, 0.6) is 0 Å². The Morgan fingerprint density at radius 1 is 1.52 bits per heavy atom. The van der Waals surface area contributed by atoms with Gasteiger partial charge in [0.2, 0.25) is 0 Å². The maximum Gasteiger partial charge on any atom is 0.194 e. The number of aryl methyl sites for hydroxylation is 1. The number of hydrogen-bond donors (Lipinski definition) is 1. The summed E-state index contributed by atoms with van der Waals surface area (Å²) in [7, 11) is 1.93. The van der Waals surface area contributed by atoms with E-state index in [4.69, 9.17) is 9.73 Å². The summed E-state index contributed by atoms with van der Waals surface area (Å²) < 4.78 is 8.88. The van der Waals surface area contributed by atoms with E-state index in [-0.39, 0.29) is 30.1 Å². The maximum absolute atomic E-state index is 5.93. The highest BCUT2D eigenvalue weighted by Crippen LogP contribution is 2.22. The van der Waals surface area contributed by atoms with Gasteiger partial charge in [-0.05, 0) is 13.3 Å². The van der Waals surface area contributed by atoms with Crippen molar-refractivity contribution < 1.29 is 4.74 Å². The van der Waals surface area contributed by atoms with Crippen LogP contribution in [0.2, 0.25) is 0 Å². The number of aliphatic imine (C=N–C) groups is 1. The number of halogens is 1. The lowest BCUT2D eigenvalue weighted by Gasteiger charge is -2.34. The number of hydrogen-bond acceptors (Lipinski definition) is 6. The predicted molar refractivity (Wildman–Crippen MR) is 122 cm³/mol. The maximum atomic E-state index is 5.93. The summed E-state index contributed by atoms with van der Waals surface area (Å²) in [5, 5.41) is 9.69. The Labute approximate surface area is 186 Å². The van der Waals surface area contributed by atoms with Crippen LogP contribution in [0.3, 0.4) is 0 Å². The van der Waals surface area contributed by atoms with Crippen LogP contribution in [0, 0.1) is 0 Å². The van der Waals surface area contributed by atoms with Crippen LogP contribution in [0.15, 0.2) is 33.3 Å². The van der Waals surface area contributed by atoms with Crippen molar-refractivity contribution in [3.63, 3.8) is 0 Å². The van der Waals surface area contributed by atoms with Gasteiger partial charge in [-0.1, -0.05) is 11.8 Å². The van der Waals surface area contributed by atoms with Crippen LogP contribution in [0.4, 0.5) is 0 Å². The molecule has 1 unspecified atom stereocenters. The molecule has 0 amide bonds. The number of ether oxygens (including phenoxy) is 1. The largest absolute Gasteiger partial charge is 0.370 e. The quantitative estimate of drug-likeness (QED) is 0.198. The molecule has 7 nitrogen and oxygen atoms in total. The molecule has 3 heterocycles. The molecule has 1 aliphatic rings. The zero-order valence-electron chi connectivity index (χ0n) is 15.7. The Morgan fingerprint density at radius 3 is 3.11 bits per heavy atom. The smallest absolute Gasteiger partial charge is 0.194 e. The minimum atomic E-state index is 0. The number of rotatable bonds is 7. The van der Waals surface area contributed by atoms with Crippen LogP contribution >= 0.6 is 47.1 Å². The van der Waals surface area contributed by atoms with E-state index < -0.39 is 0 Å². The van der Waals surface area contributed by atoms with Crippen molar-refractivity contribution in [1.29, 1.82) is 0 Å². The van der Waals surface area contributed by atoms with Gasteiger partial charge in [-0.3, -0.25) is 9.67 Å². The first-order valence-electron chi connectivity index (χ1n) is 8.92. The van der Waals surface area contributed by atoms with Gasteiger partial charge in [0.05, 0.1) is 19.3 Å². The Bertz CT molecular complexity index is 693. The second kappa shape index (κ2) is 11.9. The molecule has 2 aromatic heterocycles. The molecule has 1 saturated heterocycles. The molecule has 0 radical (unpaired) electrons. The van der Waals surface area contributed by atoms with E-state index in [1.807, 2.05) is 35.7 Å². The third-order valence-corrected chi connectivity index (χ3v) is 6.05. The van der Waals surface area contributed by atoms with E-state index in [0.29, 0.717) is 6.61 Å². The van der Waals surface area contributed by atoms with E-state index in [1.165, 1.54) is 0 Å². The molecule has 0 saturated carbocycles. The molecule has 1 N–H and O–H groups in total. The second-order valence-electron chi connectivity index (χ2n) is 5.99. The Morgan fingerprint density at radius 2 is 2.41 bits per heavy atom. The van der Waals surface area contributed by atoms with Crippen molar-refractivity contribution in [3.05, 3.63) is 29.5 Å². The van der Waals surface area contributed by atoms with Crippen molar-refractivity contribution in [2.24, 2.45) is 12.0 Å². The molecule has 0 aromatic carbocycles. The minimum Gasteiger partial charge on any atom is -0.370 e. The lowest BCUT2D eigenvalue weighted by Crippen LogP contribution is -2.48. The molecule has 0 bridgehead atoms. The predicted octanol–water partition coefficient (Wildman–Crippen LogP) is 3.02. The van der Waals surface area contributed by atoms with Gasteiger partial charge < -0.3 is 15.0 Å². The van der Waals surface area contributed by atoms with E-state index in [2.05, 4.69) is 27.2 Å². The number of thioether (sulfide) groups is 1. The zero-order valence-corrected chi connectivity index (χ0v) is 19.7. The SMILES string of the molecule is CCNC(=NCCCSc1nccs1)N1CCOC(c2cnn(C)c2)C1.I. The summed E-state index contributed by atoms with van der Waals surface area (Å²) in [6.45, 7) is 6.13. The molecule has 150 valence electrons. The highest BCUT2D eigenvalue weighted by Gasteiger charge is 2.25. The highest BCUT2D eigenvalue weighted by molar-refractivity contribution is 14.0. The van der Waals surface area contributed by atoms with Crippen molar-refractivity contribution >= 4 is 53.0 Å². The number of morpholine rings is 1. The van der Waals surface area contributed by atoms with Crippen LogP contribution in [-0.2, 0) is 11.8 Å². The van der Waals surface area contributed by atoms with Crippen molar-refractivity contribution in [2.45, 2.75) is 23.8 Å². The summed E-state index contributed by atoms with van der Waals surface area (Å²) >= 11 is 3.50. The standard InChI is InChI=1S/C17H26N6OS2.HI/c1-3-18-16(19-5-4-9-25-17-20-6-10-26-17)23-7-8-24-15(13-23)14-11-21-22(2)12-14;/h6,10-12,15H,3-5,7-9,13H2,1-2H3,(H,18,19);1H.